The van der Waals surface area contributed by atoms with Crippen molar-refractivity contribution in [2.75, 3.05) is 32.9 Å². The van der Waals surface area contributed by atoms with Gasteiger partial charge in [0, 0.05) is 38.2 Å². The molecular weight excluding hydrogens is 463 g/mol. The Hall–Kier alpha value is -2.45. The molecule has 2 heterocycles. The summed E-state index contributed by atoms with van der Waals surface area (Å²) in [5, 5.41) is 9.92. The van der Waals surface area contributed by atoms with Gasteiger partial charge in [-0.1, -0.05) is 17.7 Å². The third kappa shape index (κ3) is 5.86. The van der Waals surface area contributed by atoms with Gasteiger partial charge in [-0.05, 0) is 67.1 Å². The highest BCUT2D eigenvalue weighted by Crippen LogP contribution is 2.42. The first-order chi connectivity index (χ1) is 16.6. The van der Waals surface area contributed by atoms with E-state index in [0.717, 1.165) is 25.5 Å². The van der Waals surface area contributed by atoms with Crippen LogP contribution in [0.3, 0.4) is 0 Å². The first kappa shape index (κ1) is 25.6. The van der Waals surface area contributed by atoms with Crippen molar-refractivity contribution >= 4 is 6.08 Å². The molecule has 1 saturated heterocycles. The summed E-state index contributed by atoms with van der Waals surface area (Å²) in [7, 11) is 0. The van der Waals surface area contributed by atoms with E-state index in [9.17, 15) is 18.3 Å². The molecule has 0 spiro atoms. The van der Waals surface area contributed by atoms with Gasteiger partial charge in [-0.2, -0.15) is 0 Å². The molecule has 0 bridgehead atoms. The van der Waals surface area contributed by atoms with Crippen molar-refractivity contribution in [2.24, 2.45) is 0 Å². The molecule has 190 valence electrons. The van der Waals surface area contributed by atoms with E-state index in [2.05, 4.69) is 4.90 Å². The van der Waals surface area contributed by atoms with Crippen LogP contribution in [0.4, 0.5) is 22.0 Å². The van der Waals surface area contributed by atoms with Gasteiger partial charge >= 0.3 is 0 Å². The first-order valence-electron chi connectivity index (χ1n) is 12.0. The summed E-state index contributed by atoms with van der Waals surface area (Å²) < 4.78 is 71.7. The zero-order valence-corrected chi connectivity index (χ0v) is 20.0. The Morgan fingerprint density at radius 3 is 2.51 bits per heavy atom. The molecule has 0 amide bonds. The second-order valence-corrected chi connectivity index (χ2v) is 9.85. The summed E-state index contributed by atoms with van der Waals surface area (Å²) in [6, 6.07) is 5.52. The van der Waals surface area contributed by atoms with E-state index in [1.54, 1.807) is 19.1 Å². The van der Waals surface area contributed by atoms with Crippen LogP contribution in [0.2, 0.25) is 0 Å². The van der Waals surface area contributed by atoms with Crippen LogP contribution in [0, 0.1) is 11.6 Å². The predicted octanol–water partition coefficient (Wildman–Crippen LogP) is 6.11. The van der Waals surface area contributed by atoms with Crippen molar-refractivity contribution in [3.05, 3.63) is 69.8 Å². The molecule has 2 aliphatic heterocycles. The summed E-state index contributed by atoms with van der Waals surface area (Å²) >= 11 is 0. The van der Waals surface area contributed by atoms with E-state index in [1.165, 1.54) is 29.2 Å². The molecule has 0 unspecified atom stereocenters. The molecule has 0 radical (unpaired) electrons. The molecule has 2 aromatic rings. The lowest BCUT2D eigenvalue weighted by Crippen LogP contribution is -2.47. The Balaban J connectivity index is 1.71. The quantitative estimate of drug-likeness (QED) is 0.471. The van der Waals surface area contributed by atoms with Gasteiger partial charge in [0.2, 0.25) is 0 Å². The fraction of sp³-hybridized carbons (Fsp3) is 0.481. The smallest absolute Gasteiger partial charge is 0.257 e. The highest BCUT2D eigenvalue weighted by Gasteiger charge is 2.40. The minimum absolute atomic E-state index is 0.0176. The van der Waals surface area contributed by atoms with E-state index in [1.807, 2.05) is 0 Å². The average Bonchev–Trinajstić information content (AvgIpc) is 3.20. The van der Waals surface area contributed by atoms with Crippen LogP contribution in [0.25, 0.3) is 6.08 Å². The summed E-state index contributed by atoms with van der Waals surface area (Å²) in [4.78, 5) is 3.55. The highest BCUT2D eigenvalue weighted by molar-refractivity contribution is 5.56. The third-order valence-electron chi connectivity index (χ3n) is 6.82. The van der Waals surface area contributed by atoms with Crippen molar-refractivity contribution in [3.8, 4) is 5.75 Å². The number of phenols is 1. The van der Waals surface area contributed by atoms with Crippen molar-refractivity contribution in [2.45, 2.75) is 51.1 Å². The number of alkyl halides is 3. The molecule has 0 aliphatic carbocycles. The highest BCUT2D eigenvalue weighted by atomic mass is 19.3. The van der Waals surface area contributed by atoms with Gasteiger partial charge in [0.1, 0.15) is 17.4 Å². The van der Waals surface area contributed by atoms with Crippen LogP contribution in [0.1, 0.15) is 55.0 Å². The largest absolute Gasteiger partial charge is 0.508 e. The average molecular weight is 495 g/mol. The van der Waals surface area contributed by atoms with Crippen molar-refractivity contribution in [3.63, 3.8) is 0 Å². The Morgan fingerprint density at radius 2 is 1.86 bits per heavy atom. The Kier molecular flexibility index (Phi) is 7.52. The molecule has 2 atom stereocenters. The molecule has 35 heavy (non-hydrogen) atoms. The van der Waals surface area contributed by atoms with Crippen LogP contribution >= 0.6 is 0 Å². The molecule has 3 nitrogen and oxygen atoms in total. The number of benzene rings is 2. The minimum atomic E-state index is -3.06. The summed E-state index contributed by atoms with van der Waals surface area (Å²) in [6.45, 7) is 3.55. The topological polar surface area (TPSA) is 26.7 Å². The number of nitrogens with zero attached hydrogens (tertiary/aromatic N) is 2. The summed E-state index contributed by atoms with van der Waals surface area (Å²) in [5.41, 5.74) is 2.30. The second kappa shape index (κ2) is 10.3. The zero-order chi connectivity index (χ0) is 25.3. The van der Waals surface area contributed by atoms with E-state index in [4.69, 9.17) is 0 Å². The minimum Gasteiger partial charge on any atom is -0.508 e. The maximum atomic E-state index is 15.5. The van der Waals surface area contributed by atoms with Gasteiger partial charge in [0.05, 0.1) is 19.3 Å². The summed E-state index contributed by atoms with van der Waals surface area (Å²) in [6.07, 6.45) is 3.33. The standard InChI is InChI=1S/C27H31F5N2O/c1-17-10-20-14-21(35)4-5-22(20)26(34(17)16-27(2,31)32)25-23(29)12-19(13-24(25)30)11-18-6-9-33(15-18)8-3-7-28/h4-5,11-14,17,26,35H,3,6-10,15-16H2,1-2H3/b18-11-/t17-,26+/m1/s1. The number of likely N-dealkylation sites (tertiary alicyclic amines) is 1. The normalized spacial score (nSPS) is 22.7. The van der Waals surface area contributed by atoms with Crippen LogP contribution in [0.5, 0.6) is 5.75 Å². The number of fused-ring (bicyclic) bond motifs is 1. The van der Waals surface area contributed by atoms with E-state index in [0.29, 0.717) is 42.6 Å². The Morgan fingerprint density at radius 1 is 1.14 bits per heavy atom. The van der Waals surface area contributed by atoms with E-state index >= 15 is 8.78 Å². The van der Waals surface area contributed by atoms with Crippen molar-refractivity contribution in [1.82, 2.24) is 9.80 Å². The van der Waals surface area contributed by atoms with Gasteiger partial charge in [0.25, 0.3) is 5.92 Å². The second-order valence-electron chi connectivity index (χ2n) is 9.85. The summed E-state index contributed by atoms with van der Waals surface area (Å²) in [5.74, 6) is -4.64. The first-order valence-corrected chi connectivity index (χ1v) is 12.0. The Labute approximate surface area is 202 Å². The molecular formula is C27H31F5N2O. The number of aromatic hydroxyl groups is 1. The van der Waals surface area contributed by atoms with Crippen LogP contribution in [0.15, 0.2) is 35.9 Å². The lowest BCUT2D eigenvalue weighted by Gasteiger charge is -2.43. The number of rotatable bonds is 7. The lowest BCUT2D eigenvalue weighted by atomic mass is 9.84. The molecule has 1 fully saturated rings. The molecule has 8 heteroatoms. The lowest BCUT2D eigenvalue weighted by molar-refractivity contribution is -0.0371. The molecule has 0 aromatic heterocycles. The van der Waals surface area contributed by atoms with Crippen LogP contribution in [-0.2, 0) is 6.42 Å². The van der Waals surface area contributed by atoms with Gasteiger partial charge in [0.15, 0.2) is 0 Å². The van der Waals surface area contributed by atoms with E-state index < -0.39 is 36.2 Å². The van der Waals surface area contributed by atoms with E-state index in [-0.39, 0.29) is 18.0 Å². The van der Waals surface area contributed by atoms with Gasteiger partial charge in [-0.3, -0.25) is 14.2 Å². The van der Waals surface area contributed by atoms with Gasteiger partial charge in [-0.25, -0.2) is 17.6 Å². The Bertz CT molecular complexity index is 1070. The number of phenolic OH excluding ortho intramolecular Hbond substituents is 1. The predicted molar refractivity (Wildman–Crippen MR) is 126 cm³/mol. The van der Waals surface area contributed by atoms with Gasteiger partial charge < -0.3 is 5.11 Å². The molecule has 4 rings (SSSR count). The van der Waals surface area contributed by atoms with Gasteiger partial charge in [-0.15, -0.1) is 0 Å². The zero-order valence-electron chi connectivity index (χ0n) is 20.0. The van der Waals surface area contributed by atoms with Crippen molar-refractivity contribution in [1.29, 1.82) is 0 Å². The molecule has 2 aromatic carbocycles. The maximum Gasteiger partial charge on any atom is 0.257 e. The molecule has 2 aliphatic rings. The number of hydrogen-bond donors (Lipinski definition) is 1. The fourth-order valence-corrected chi connectivity index (χ4v) is 5.32. The number of halogens is 5. The maximum absolute atomic E-state index is 15.5. The molecule has 1 N–H and O–H groups in total. The third-order valence-corrected chi connectivity index (χ3v) is 6.82. The SMILES string of the molecule is C[C@@H]1Cc2cc(O)ccc2[C@@H](c2c(F)cc(/C=C3/CCN(CCCF)C3)cc2F)N1CC(C)(F)F. The van der Waals surface area contributed by atoms with Crippen LogP contribution in [-0.4, -0.2) is 59.7 Å². The fourth-order valence-electron chi connectivity index (χ4n) is 5.32. The number of hydrogen-bond acceptors (Lipinski definition) is 3. The molecule has 0 saturated carbocycles. The van der Waals surface area contributed by atoms with Crippen LogP contribution < -0.4 is 0 Å². The monoisotopic (exact) mass is 494 g/mol. The van der Waals surface area contributed by atoms with Crippen molar-refractivity contribution < 1.29 is 27.1 Å².